The van der Waals surface area contributed by atoms with E-state index in [0.717, 1.165) is 12.1 Å². The molecule has 0 saturated heterocycles. The van der Waals surface area contributed by atoms with Crippen molar-refractivity contribution in [2.24, 2.45) is 0 Å². The van der Waals surface area contributed by atoms with Gasteiger partial charge in [0.15, 0.2) is 5.78 Å². The predicted octanol–water partition coefficient (Wildman–Crippen LogP) is 4.11. The quantitative estimate of drug-likeness (QED) is 0.676. The fourth-order valence-electron chi connectivity index (χ4n) is 3.89. The third-order valence-electron chi connectivity index (χ3n) is 5.27. The maximum atomic E-state index is 14.3. The van der Waals surface area contributed by atoms with Gasteiger partial charge >= 0.3 is 0 Å². The number of carbonyl (C=O) groups excluding carboxylic acids is 1. The molecule has 0 unspecified atom stereocenters. The van der Waals surface area contributed by atoms with Gasteiger partial charge in [0.25, 0.3) is 0 Å². The maximum Gasteiger partial charge on any atom is 0.167 e. The number of aromatic nitrogens is 2. The second kappa shape index (κ2) is 7.52. The number of hydrogen-bond donors (Lipinski definition) is 1. The highest BCUT2D eigenvalue weighted by Gasteiger charge is 2.31. The molecule has 0 radical (unpaired) electrons. The SMILES string of the molecule is Cc1nc(C(C)(C)CC(=O)c2cccc3c2OCCNC3)c2cccc(F)c2n1. The summed E-state index contributed by atoms with van der Waals surface area (Å²) >= 11 is 0. The zero-order chi connectivity index (χ0) is 20.6. The number of halogens is 1. The van der Waals surface area contributed by atoms with Crippen LogP contribution in [0.3, 0.4) is 0 Å². The van der Waals surface area contributed by atoms with Gasteiger partial charge in [-0.25, -0.2) is 14.4 Å². The van der Waals surface area contributed by atoms with Gasteiger partial charge in [0.05, 0.1) is 11.3 Å². The van der Waals surface area contributed by atoms with Crippen molar-refractivity contribution in [2.75, 3.05) is 13.2 Å². The average Bonchev–Trinajstić information content (AvgIpc) is 2.93. The second-order valence-electron chi connectivity index (χ2n) is 8.06. The Balaban J connectivity index is 1.73. The van der Waals surface area contributed by atoms with Crippen LogP contribution in [0.15, 0.2) is 36.4 Å². The number of carbonyl (C=O) groups is 1. The molecular weight excluding hydrogens is 369 g/mol. The third-order valence-corrected chi connectivity index (χ3v) is 5.27. The molecule has 3 aromatic rings. The van der Waals surface area contributed by atoms with Gasteiger partial charge in [-0.15, -0.1) is 0 Å². The van der Waals surface area contributed by atoms with E-state index >= 15 is 0 Å². The molecule has 1 N–H and O–H groups in total. The third kappa shape index (κ3) is 3.72. The molecule has 1 aliphatic heterocycles. The molecule has 1 aliphatic rings. The number of nitrogens with zero attached hydrogens (tertiary/aromatic N) is 2. The van der Waals surface area contributed by atoms with Gasteiger partial charge in [-0.1, -0.05) is 38.1 Å². The van der Waals surface area contributed by atoms with Crippen molar-refractivity contribution in [3.8, 4) is 5.75 Å². The van der Waals surface area contributed by atoms with Crippen molar-refractivity contribution in [2.45, 2.75) is 39.2 Å². The topological polar surface area (TPSA) is 64.1 Å². The van der Waals surface area contributed by atoms with Crippen LogP contribution in [-0.4, -0.2) is 28.9 Å². The first-order chi connectivity index (χ1) is 13.9. The minimum absolute atomic E-state index is 0.0189. The summed E-state index contributed by atoms with van der Waals surface area (Å²) in [6.45, 7) is 7.60. The Bertz CT molecular complexity index is 1090. The van der Waals surface area contributed by atoms with Crippen LogP contribution in [0.25, 0.3) is 10.9 Å². The molecule has 6 heteroatoms. The molecule has 4 rings (SSSR count). The molecular formula is C23H24FN3O2. The molecule has 0 fully saturated rings. The molecule has 0 aliphatic carbocycles. The Labute approximate surface area is 169 Å². The summed E-state index contributed by atoms with van der Waals surface area (Å²) in [5.74, 6) is 0.745. The Kier molecular flexibility index (Phi) is 5.04. The fraction of sp³-hybridized carbons (Fsp3) is 0.348. The summed E-state index contributed by atoms with van der Waals surface area (Å²) in [5, 5.41) is 3.93. The Morgan fingerprint density at radius 1 is 1.21 bits per heavy atom. The van der Waals surface area contributed by atoms with Gasteiger partial charge in [-0.2, -0.15) is 0 Å². The Morgan fingerprint density at radius 3 is 2.83 bits per heavy atom. The highest BCUT2D eigenvalue weighted by molar-refractivity contribution is 6.00. The molecule has 1 aromatic heterocycles. The van der Waals surface area contributed by atoms with Crippen molar-refractivity contribution in [3.63, 3.8) is 0 Å². The van der Waals surface area contributed by atoms with Gasteiger partial charge < -0.3 is 10.1 Å². The van der Waals surface area contributed by atoms with Crippen molar-refractivity contribution >= 4 is 16.7 Å². The van der Waals surface area contributed by atoms with Crippen LogP contribution in [0.2, 0.25) is 0 Å². The summed E-state index contributed by atoms with van der Waals surface area (Å²) < 4.78 is 20.2. The van der Waals surface area contributed by atoms with Gasteiger partial charge in [0.1, 0.15) is 29.5 Å². The molecule has 0 spiro atoms. The smallest absolute Gasteiger partial charge is 0.167 e. The van der Waals surface area contributed by atoms with Gasteiger partial charge in [-0.05, 0) is 19.1 Å². The summed E-state index contributed by atoms with van der Waals surface area (Å²) in [6, 6.07) is 10.5. The lowest BCUT2D eigenvalue weighted by Crippen LogP contribution is -2.25. The van der Waals surface area contributed by atoms with Gasteiger partial charge in [0, 0.05) is 35.9 Å². The lowest BCUT2D eigenvalue weighted by Gasteiger charge is -2.25. The highest BCUT2D eigenvalue weighted by atomic mass is 19.1. The zero-order valence-electron chi connectivity index (χ0n) is 16.9. The van der Waals surface area contributed by atoms with E-state index in [1.54, 1.807) is 13.0 Å². The molecule has 0 atom stereocenters. The number of ketones is 1. The summed E-state index contributed by atoms with van der Waals surface area (Å²) in [5.41, 5.74) is 1.93. The zero-order valence-corrected chi connectivity index (χ0v) is 16.9. The largest absolute Gasteiger partial charge is 0.491 e. The molecule has 150 valence electrons. The number of Topliss-reactive ketones (excluding diaryl/α,β-unsaturated/α-hetero) is 1. The van der Waals surface area contributed by atoms with Crippen molar-refractivity contribution in [3.05, 3.63) is 64.9 Å². The van der Waals surface area contributed by atoms with Crippen LogP contribution >= 0.6 is 0 Å². The highest BCUT2D eigenvalue weighted by Crippen LogP contribution is 2.35. The van der Waals surface area contributed by atoms with Crippen LogP contribution in [0.4, 0.5) is 4.39 Å². The molecule has 0 amide bonds. The van der Waals surface area contributed by atoms with Crippen LogP contribution in [-0.2, 0) is 12.0 Å². The number of nitrogens with one attached hydrogen (secondary N) is 1. The van der Waals surface area contributed by atoms with Crippen LogP contribution in [0.1, 0.15) is 47.7 Å². The number of ether oxygens (including phenoxy) is 1. The lowest BCUT2D eigenvalue weighted by molar-refractivity contribution is 0.0953. The minimum atomic E-state index is -0.609. The van der Waals surface area contributed by atoms with E-state index in [1.807, 2.05) is 38.1 Å². The molecule has 29 heavy (non-hydrogen) atoms. The standard InChI is InChI=1S/C23H24FN3O2/c1-14-26-20-17(8-5-9-18(20)24)22(27-14)23(2,3)12-19(28)16-7-4-6-15-13-25-10-11-29-21(15)16/h4-9,25H,10-13H2,1-3H3. The minimum Gasteiger partial charge on any atom is -0.491 e. The van der Waals surface area contributed by atoms with Crippen LogP contribution in [0.5, 0.6) is 5.75 Å². The first-order valence-corrected chi connectivity index (χ1v) is 9.79. The monoisotopic (exact) mass is 393 g/mol. The lowest BCUT2D eigenvalue weighted by atomic mass is 9.80. The number of benzene rings is 2. The number of hydrogen-bond acceptors (Lipinski definition) is 5. The number of aryl methyl sites for hydroxylation is 1. The average molecular weight is 393 g/mol. The van der Waals surface area contributed by atoms with E-state index in [4.69, 9.17) is 4.74 Å². The second-order valence-corrected chi connectivity index (χ2v) is 8.06. The summed E-state index contributed by atoms with van der Waals surface area (Å²) in [7, 11) is 0. The van der Waals surface area contributed by atoms with E-state index in [0.29, 0.717) is 46.9 Å². The molecule has 2 aromatic carbocycles. The van der Waals surface area contributed by atoms with E-state index in [-0.39, 0.29) is 18.0 Å². The number of rotatable bonds is 4. The Morgan fingerprint density at radius 2 is 2.00 bits per heavy atom. The van der Waals surface area contributed by atoms with E-state index in [9.17, 15) is 9.18 Å². The van der Waals surface area contributed by atoms with Gasteiger partial charge in [-0.3, -0.25) is 4.79 Å². The van der Waals surface area contributed by atoms with E-state index in [1.165, 1.54) is 6.07 Å². The first-order valence-electron chi connectivity index (χ1n) is 9.79. The van der Waals surface area contributed by atoms with Crippen LogP contribution < -0.4 is 10.1 Å². The summed E-state index contributed by atoms with van der Waals surface area (Å²) in [4.78, 5) is 22.1. The molecule has 5 nitrogen and oxygen atoms in total. The van der Waals surface area contributed by atoms with E-state index in [2.05, 4.69) is 15.3 Å². The maximum absolute atomic E-state index is 14.3. The predicted molar refractivity (Wildman–Crippen MR) is 110 cm³/mol. The fourth-order valence-corrected chi connectivity index (χ4v) is 3.89. The molecule has 2 heterocycles. The van der Waals surface area contributed by atoms with E-state index < -0.39 is 5.41 Å². The van der Waals surface area contributed by atoms with Gasteiger partial charge in [0.2, 0.25) is 0 Å². The first kappa shape index (κ1) is 19.5. The normalized spacial score (nSPS) is 14.2. The number of fused-ring (bicyclic) bond motifs is 2. The number of para-hydroxylation sites is 2. The van der Waals surface area contributed by atoms with Crippen molar-refractivity contribution < 1.29 is 13.9 Å². The molecule has 0 bridgehead atoms. The van der Waals surface area contributed by atoms with Crippen molar-refractivity contribution in [1.29, 1.82) is 0 Å². The van der Waals surface area contributed by atoms with Crippen molar-refractivity contribution in [1.82, 2.24) is 15.3 Å². The summed E-state index contributed by atoms with van der Waals surface area (Å²) in [6.07, 6.45) is 0.225. The Hall–Kier alpha value is -2.86. The van der Waals surface area contributed by atoms with Crippen LogP contribution in [0, 0.1) is 12.7 Å². The molecule has 0 saturated carbocycles.